The summed E-state index contributed by atoms with van der Waals surface area (Å²) in [5, 5.41) is 12.1. The van der Waals surface area contributed by atoms with Crippen LogP contribution in [0.2, 0.25) is 0 Å². The summed E-state index contributed by atoms with van der Waals surface area (Å²) in [7, 11) is -5.36. The number of rotatable bonds is 10. The van der Waals surface area contributed by atoms with Crippen molar-refractivity contribution >= 4 is 57.6 Å². The van der Waals surface area contributed by atoms with E-state index in [1.807, 2.05) is 0 Å². The third-order valence-corrected chi connectivity index (χ3v) is 21.7. The van der Waals surface area contributed by atoms with Gasteiger partial charge >= 0.3 is 0 Å². The molecule has 0 aliphatic carbocycles. The van der Waals surface area contributed by atoms with Crippen LogP contribution in [-0.2, 0) is 12.8 Å². The first-order valence-electron chi connectivity index (χ1n) is 19.4. The van der Waals surface area contributed by atoms with Crippen molar-refractivity contribution < 1.29 is 0 Å². The predicted molar refractivity (Wildman–Crippen MR) is 229 cm³/mol. The van der Waals surface area contributed by atoms with Gasteiger partial charge in [0, 0.05) is 0 Å². The van der Waals surface area contributed by atoms with Crippen LogP contribution >= 0.6 is 0 Å². The van der Waals surface area contributed by atoms with Crippen molar-refractivity contribution in [1.82, 2.24) is 0 Å². The Bertz CT molecular complexity index is 2110. The van der Waals surface area contributed by atoms with Gasteiger partial charge in [-0.05, 0) is 101 Å². The average Bonchev–Trinajstić information content (AvgIpc) is 3.66. The van der Waals surface area contributed by atoms with E-state index in [1.54, 1.807) is 20.7 Å². The maximum absolute atomic E-state index is 2.70. The van der Waals surface area contributed by atoms with Crippen LogP contribution in [0.5, 0.6) is 0 Å². The molecule has 52 heavy (non-hydrogen) atoms. The van der Waals surface area contributed by atoms with E-state index in [1.165, 1.54) is 79.8 Å². The Labute approximate surface area is 311 Å². The van der Waals surface area contributed by atoms with Crippen LogP contribution < -0.4 is 41.5 Å². The molecule has 0 amide bonds. The SMILES string of the molecule is CCCCc1ccc2c(c1)[Si](c1ccccc1)(c1ccccc1)c1cc3c(cc1-2)[Si](c1ccccc1)(c1ccccc1)c1cc(CCCC)ccc1-3. The van der Waals surface area contributed by atoms with Crippen LogP contribution in [0.4, 0.5) is 0 Å². The standard InChI is InChI=1S/C50H46Si2/c1-3-5-19-37-29-31-43-45-35-50-46(36-49(45)51(47(43)33-37,39-21-11-7-12-22-39)40-23-13-8-14-24-40)44-32-30-38(20-6-4-2)34-48(44)52(50,41-25-15-9-16-26-41)42-27-17-10-18-28-42/h7-18,21-36H,3-6,19-20H2,1-2H3. The molecule has 7 aromatic rings. The first-order chi connectivity index (χ1) is 25.7. The highest BCUT2D eigenvalue weighted by atomic mass is 28.3. The number of unbranched alkanes of at least 4 members (excludes halogenated alkanes) is 2. The summed E-state index contributed by atoms with van der Waals surface area (Å²) in [5.41, 5.74) is 8.68. The zero-order valence-corrected chi connectivity index (χ0v) is 32.4. The normalized spacial score (nSPS) is 14.3. The quantitative estimate of drug-likeness (QED) is 0.134. The molecule has 0 bridgehead atoms. The van der Waals surface area contributed by atoms with E-state index in [0.717, 1.165) is 12.8 Å². The van der Waals surface area contributed by atoms with Crippen LogP contribution in [0.25, 0.3) is 22.3 Å². The number of hydrogen-bond donors (Lipinski definition) is 0. The third-order valence-electron chi connectivity index (χ3n) is 12.0. The molecule has 0 saturated carbocycles. The van der Waals surface area contributed by atoms with Gasteiger partial charge in [-0.1, -0.05) is 197 Å². The minimum absolute atomic E-state index is 1.12. The minimum atomic E-state index is -2.68. The van der Waals surface area contributed by atoms with Gasteiger partial charge in [-0.25, -0.2) is 0 Å². The lowest BCUT2D eigenvalue weighted by molar-refractivity contribution is 0.795. The fraction of sp³-hybridized carbons (Fsp3) is 0.160. The van der Waals surface area contributed by atoms with E-state index in [9.17, 15) is 0 Å². The van der Waals surface area contributed by atoms with Crippen molar-refractivity contribution in [1.29, 1.82) is 0 Å². The maximum atomic E-state index is 2.70. The van der Waals surface area contributed by atoms with Crippen LogP contribution in [0.15, 0.2) is 170 Å². The van der Waals surface area contributed by atoms with Crippen molar-refractivity contribution in [3.63, 3.8) is 0 Å². The molecule has 0 nitrogen and oxygen atoms in total. The van der Waals surface area contributed by atoms with Gasteiger partial charge in [0.05, 0.1) is 0 Å². The highest BCUT2D eigenvalue weighted by Crippen LogP contribution is 2.36. The van der Waals surface area contributed by atoms with Crippen molar-refractivity contribution in [2.45, 2.75) is 52.4 Å². The number of hydrogen-bond acceptors (Lipinski definition) is 0. The lowest BCUT2D eigenvalue weighted by atomic mass is 9.98. The summed E-state index contributed by atoms with van der Waals surface area (Å²) in [6.07, 6.45) is 7.08. The minimum Gasteiger partial charge on any atom is -0.0654 e. The van der Waals surface area contributed by atoms with Crippen molar-refractivity contribution in [3.8, 4) is 22.3 Å². The van der Waals surface area contributed by atoms with E-state index in [4.69, 9.17) is 0 Å². The molecule has 0 unspecified atom stereocenters. The van der Waals surface area contributed by atoms with Gasteiger partial charge in [0.25, 0.3) is 0 Å². The number of fused-ring (bicyclic) bond motifs is 6. The van der Waals surface area contributed by atoms with E-state index < -0.39 is 16.1 Å². The van der Waals surface area contributed by atoms with Crippen LogP contribution in [0.1, 0.15) is 50.7 Å². The molecule has 0 saturated heterocycles. The Balaban J connectivity index is 1.42. The van der Waals surface area contributed by atoms with Crippen molar-refractivity contribution in [3.05, 3.63) is 181 Å². The van der Waals surface area contributed by atoms with E-state index >= 15 is 0 Å². The fourth-order valence-corrected chi connectivity index (χ4v) is 20.1. The second-order valence-corrected chi connectivity index (χ2v) is 22.3. The van der Waals surface area contributed by atoms with Gasteiger partial charge in [0.2, 0.25) is 0 Å². The van der Waals surface area contributed by atoms with Crippen LogP contribution in [0.3, 0.4) is 0 Å². The Hall–Kier alpha value is -5.03. The molecule has 0 N–H and O–H groups in total. The molecule has 2 aliphatic heterocycles. The summed E-state index contributed by atoms with van der Waals surface area (Å²) < 4.78 is 0. The maximum Gasteiger partial charge on any atom is 0.180 e. The van der Waals surface area contributed by atoms with Crippen LogP contribution in [0, 0.1) is 0 Å². The van der Waals surface area contributed by atoms with Crippen LogP contribution in [-0.4, -0.2) is 16.1 Å². The molecular weight excluding hydrogens is 657 g/mol. The van der Waals surface area contributed by atoms with Gasteiger partial charge in [0.1, 0.15) is 0 Å². The fourth-order valence-electron chi connectivity index (χ4n) is 9.63. The van der Waals surface area contributed by atoms with Gasteiger partial charge in [-0.3, -0.25) is 0 Å². The molecule has 2 heterocycles. The van der Waals surface area contributed by atoms with E-state index in [-0.39, 0.29) is 0 Å². The Morgan fingerprint density at radius 1 is 0.327 bits per heavy atom. The summed E-state index contributed by atoms with van der Waals surface area (Å²) in [6, 6.07) is 66.7. The monoisotopic (exact) mass is 702 g/mol. The van der Waals surface area contributed by atoms with Gasteiger partial charge in [-0.2, -0.15) is 0 Å². The van der Waals surface area contributed by atoms with Gasteiger partial charge in [0.15, 0.2) is 16.1 Å². The predicted octanol–water partition coefficient (Wildman–Crippen LogP) is 7.09. The highest BCUT2D eigenvalue weighted by Gasteiger charge is 2.53. The number of aryl methyl sites for hydroxylation is 2. The van der Waals surface area contributed by atoms with Crippen molar-refractivity contribution in [2.75, 3.05) is 0 Å². The third kappa shape index (κ3) is 4.92. The molecule has 2 aliphatic rings. The molecule has 0 aromatic heterocycles. The Morgan fingerprint density at radius 3 is 0.942 bits per heavy atom. The molecule has 0 atom stereocenters. The lowest BCUT2D eigenvalue weighted by Gasteiger charge is -2.33. The van der Waals surface area contributed by atoms with Crippen molar-refractivity contribution in [2.24, 2.45) is 0 Å². The summed E-state index contributed by atoms with van der Waals surface area (Å²) in [6.45, 7) is 4.61. The molecule has 2 heteroatoms. The molecule has 254 valence electrons. The zero-order valence-electron chi connectivity index (χ0n) is 30.4. The van der Waals surface area contributed by atoms with Gasteiger partial charge < -0.3 is 0 Å². The largest absolute Gasteiger partial charge is 0.180 e. The molecule has 0 spiro atoms. The molecular formula is C50H46Si2. The molecule has 0 radical (unpaired) electrons. The second kappa shape index (κ2) is 13.5. The second-order valence-electron chi connectivity index (χ2n) is 14.9. The van der Waals surface area contributed by atoms with E-state index in [2.05, 4.69) is 184 Å². The zero-order chi connectivity index (χ0) is 35.1. The molecule has 7 aromatic carbocycles. The topological polar surface area (TPSA) is 0 Å². The Kier molecular flexibility index (Phi) is 8.53. The lowest BCUT2D eigenvalue weighted by Crippen LogP contribution is -2.74. The highest BCUT2D eigenvalue weighted by molar-refractivity contribution is 7.24. The summed E-state index contributed by atoms with van der Waals surface area (Å²) in [4.78, 5) is 0. The number of benzene rings is 7. The average molecular weight is 703 g/mol. The molecule has 0 fully saturated rings. The first-order valence-corrected chi connectivity index (χ1v) is 23.4. The van der Waals surface area contributed by atoms with E-state index in [0.29, 0.717) is 0 Å². The van der Waals surface area contributed by atoms with Gasteiger partial charge in [-0.15, -0.1) is 0 Å². The first kappa shape index (κ1) is 32.9. The smallest absolute Gasteiger partial charge is 0.0654 e. The summed E-state index contributed by atoms with van der Waals surface area (Å²) >= 11 is 0. The summed E-state index contributed by atoms with van der Waals surface area (Å²) in [5.74, 6) is 0. The Morgan fingerprint density at radius 2 is 0.635 bits per heavy atom. The molecule has 9 rings (SSSR count).